The molecule has 3 aromatic rings. The zero-order chi connectivity index (χ0) is 24.0. The molecule has 172 valence electrons. The lowest BCUT2D eigenvalue weighted by Gasteiger charge is -2.26. The Morgan fingerprint density at radius 2 is 1.76 bits per heavy atom. The normalized spacial score (nSPS) is 18.4. The molecule has 34 heavy (non-hydrogen) atoms. The number of carbonyl (C=O) groups excluding carboxylic acids is 2. The van der Waals surface area contributed by atoms with Crippen molar-refractivity contribution in [3.05, 3.63) is 88.5 Å². The molecule has 2 heterocycles. The first-order valence-electron chi connectivity index (χ1n) is 10.8. The fourth-order valence-electron chi connectivity index (χ4n) is 4.30. The van der Waals surface area contributed by atoms with Crippen molar-refractivity contribution in [3.63, 3.8) is 0 Å². The molecule has 1 unspecified atom stereocenters. The molecule has 1 N–H and O–H groups in total. The lowest BCUT2D eigenvalue weighted by Crippen LogP contribution is -2.29. The summed E-state index contributed by atoms with van der Waals surface area (Å²) in [6, 6.07) is 16.8. The fourth-order valence-corrected chi connectivity index (χ4v) is 4.30. The van der Waals surface area contributed by atoms with Crippen LogP contribution in [0.2, 0.25) is 0 Å². The molecule has 5 rings (SSSR count). The number of carbonyl (C=O) groups is 2. The highest BCUT2D eigenvalue weighted by atomic mass is 16.7. The maximum absolute atomic E-state index is 13.3. The van der Waals surface area contributed by atoms with Gasteiger partial charge in [-0.3, -0.25) is 14.5 Å². The average Bonchev–Trinajstić information content (AvgIpc) is 3.42. The van der Waals surface area contributed by atoms with E-state index in [2.05, 4.69) is 0 Å². The van der Waals surface area contributed by atoms with Crippen LogP contribution in [0.1, 0.15) is 28.3 Å². The van der Waals surface area contributed by atoms with E-state index < -0.39 is 17.7 Å². The molecule has 0 aromatic heterocycles. The topological polar surface area (TPSA) is 85.3 Å². The first-order valence-corrected chi connectivity index (χ1v) is 10.8. The molecule has 2 aliphatic rings. The number of aliphatic hydroxyl groups is 1. The zero-order valence-corrected chi connectivity index (χ0v) is 19.0. The molecular formula is C27H23NO6. The number of ether oxygens (including phenoxy) is 3. The summed E-state index contributed by atoms with van der Waals surface area (Å²) in [6.07, 6.45) is 0. The van der Waals surface area contributed by atoms with Gasteiger partial charge in [0.15, 0.2) is 11.5 Å². The number of hydrogen-bond donors (Lipinski definition) is 1. The van der Waals surface area contributed by atoms with Crippen LogP contribution in [0.15, 0.2) is 66.2 Å². The summed E-state index contributed by atoms with van der Waals surface area (Å²) in [6.45, 7) is 4.01. The number of anilines is 1. The van der Waals surface area contributed by atoms with Crippen molar-refractivity contribution in [2.24, 2.45) is 0 Å². The molecule has 0 radical (unpaired) electrons. The number of amides is 1. The predicted octanol–water partition coefficient (Wildman–Crippen LogP) is 4.67. The molecule has 1 fully saturated rings. The quantitative estimate of drug-likeness (QED) is 0.348. The van der Waals surface area contributed by atoms with Gasteiger partial charge in [-0.25, -0.2) is 0 Å². The van der Waals surface area contributed by atoms with E-state index in [1.165, 1.54) is 4.90 Å². The van der Waals surface area contributed by atoms with Gasteiger partial charge < -0.3 is 19.3 Å². The standard InChI is InChI=1S/C27H23NO6/c1-15-7-9-19(11-16(15)2)28-24(17-5-4-6-20(12-17)32-3)23(26(30)27(28)31)25(29)18-8-10-21-22(13-18)34-14-33-21/h4-13,24,29H,14H2,1-3H3/b25-23-. The number of nitrogens with zero attached hydrogens (tertiary/aromatic N) is 1. The van der Waals surface area contributed by atoms with E-state index in [4.69, 9.17) is 14.2 Å². The third-order valence-corrected chi connectivity index (χ3v) is 6.27. The Bertz CT molecular complexity index is 1360. The Morgan fingerprint density at radius 1 is 0.971 bits per heavy atom. The molecule has 1 atom stereocenters. The summed E-state index contributed by atoms with van der Waals surface area (Å²) >= 11 is 0. The highest BCUT2D eigenvalue weighted by molar-refractivity contribution is 6.51. The summed E-state index contributed by atoms with van der Waals surface area (Å²) in [7, 11) is 1.55. The molecular weight excluding hydrogens is 434 g/mol. The van der Waals surface area contributed by atoms with Crippen LogP contribution in [0.4, 0.5) is 5.69 Å². The van der Waals surface area contributed by atoms with E-state index in [9.17, 15) is 14.7 Å². The summed E-state index contributed by atoms with van der Waals surface area (Å²) in [4.78, 5) is 28.1. The Hall–Kier alpha value is -4.26. The third-order valence-electron chi connectivity index (χ3n) is 6.27. The van der Waals surface area contributed by atoms with Crippen molar-refractivity contribution in [2.45, 2.75) is 19.9 Å². The van der Waals surface area contributed by atoms with Crippen molar-refractivity contribution in [3.8, 4) is 17.2 Å². The highest BCUT2D eigenvalue weighted by Crippen LogP contribution is 2.44. The lowest BCUT2D eigenvalue weighted by molar-refractivity contribution is -0.132. The van der Waals surface area contributed by atoms with Crippen LogP contribution in [-0.2, 0) is 9.59 Å². The van der Waals surface area contributed by atoms with Crippen LogP contribution >= 0.6 is 0 Å². The smallest absolute Gasteiger partial charge is 0.300 e. The molecule has 0 aliphatic carbocycles. The van der Waals surface area contributed by atoms with Crippen molar-refractivity contribution in [2.75, 3.05) is 18.8 Å². The predicted molar refractivity (Wildman–Crippen MR) is 126 cm³/mol. The second-order valence-corrected chi connectivity index (χ2v) is 8.28. The Balaban J connectivity index is 1.72. The van der Waals surface area contributed by atoms with Crippen LogP contribution in [0, 0.1) is 13.8 Å². The van der Waals surface area contributed by atoms with Crippen molar-refractivity contribution < 1.29 is 28.9 Å². The van der Waals surface area contributed by atoms with Crippen LogP contribution < -0.4 is 19.1 Å². The first-order chi connectivity index (χ1) is 16.4. The second-order valence-electron chi connectivity index (χ2n) is 8.28. The molecule has 0 saturated carbocycles. The van der Waals surface area contributed by atoms with Gasteiger partial charge in [-0.15, -0.1) is 0 Å². The maximum atomic E-state index is 13.3. The van der Waals surface area contributed by atoms with Crippen LogP contribution in [-0.4, -0.2) is 30.7 Å². The van der Waals surface area contributed by atoms with E-state index >= 15 is 0 Å². The minimum absolute atomic E-state index is 0.00431. The molecule has 0 bridgehead atoms. The Labute approximate surface area is 196 Å². The molecule has 1 amide bonds. The van der Waals surface area contributed by atoms with Crippen LogP contribution in [0.5, 0.6) is 17.2 Å². The van der Waals surface area contributed by atoms with Crippen LogP contribution in [0.3, 0.4) is 0 Å². The minimum Gasteiger partial charge on any atom is -0.507 e. The van der Waals surface area contributed by atoms with Crippen molar-refractivity contribution in [1.29, 1.82) is 0 Å². The van der Waals surface area contributed by atoms with E-state index in [1.54, 1.807) is 55.6 Å². The van der Waals surface area contributed by atoms with Gasteiger partial charge in [-0.1, -0.05) is 18.2 Å². The van der Waals surface area contributed by atoms with Crippen molar-refractivity contribution in [1.82, 2.24) is 0 Å². The fraction of sp³-hybridized carbons (Fsp3) is 0.185. The molecule has 1 saturated heterocycles. The largest absolute Gasteiger partial charge is 0.507 e. The lowest BCUT2D eigenvalue weighted by atomic mass is 9.94. The Kier molecular flexibility index (Phi) is 5.24. The molecule has 0 spiro atoms. The number of fused-ring (bicyclic) bond motifs is 1. The van der Waals surface area contributed by atoms with E-state index in [0.717, 1.165) is 11.1 Å². The van der Waals surface area contributed by atoms with E-state index in [-0.39, 0.29) is 18.1 Å². The van der Waals surface area contributed by atoms with Gasteiger partial charge >= 0.3 is 0 Å². The van der Waals surface area contributed by atoms with Gasteiger partial charge in [-0.2, -0.15) is 0 Å². The highest BCUT2D eigenvalue weighted by Gasteiger charge is 2.47. The maximum Gasteiger partial charge on any atom is 0.300 e. The summed E-state index contributed by atoms with van der Waals surface area (Å²) in [5, 5.41) is 11.3. The summed E-state index contributed by atoms with van der Waals surface area (Å²) < 4.78 is 16.1. The zero-order valence-electron chi connectivity index (χ0n) is 19.0. The number of Topliss-reactive ketones (excluding diaryl/α,β-unsaturated/α-hetero) is 1. The van der Waals surface area contributed by atoms with Gasteiger partial charge in [0.25, 0.3) is 11.7 Å². The number of methoxy groups -OCH3 is 1. The number of ketones is 1. The number of benzene rings is 3. The SMILES string of the molecule is COc1cccc(C2/C(=C(/O)c3ccc4c(c3)OCO4)C(=O)C(=O)N2c2ccc(C)c(C)c2)c1. The van der Waals surface area contributed by atoms with Gasteiger partial charge in [0.2, 0.25) is 6.79 Å². The Morgan fingerprint density at radius 3 is 2.53 bits per heavy atom. The first kappa shape index (κ1) is 21.6. The van der Waals surface area contributed by atoms with Gasteiger partial charge in [0.1, 0.15) is 11.5 Å². The average molecular weight is 457 g/mol. The summed E-state index contributed by atoms with van der Waals surface area (Å²) in [5.74, 6) is -0.163. The van der Waals surface area contributed by atoms with Gasteiger partial charge in [-0.05, 0) is 73.0 Å². The van der Waals surface area contributed by atoms with Gasteiger partial charge in [0, 0.05) is 11.3 Å². The second kappa shape index (κ2) is 8.26. The molecule has 3 aromatic carbocycles. The van der Waals surface area contributed by atoms with E-state index in [0.29, 0.717) is 34.1 Å². The number of aliphatic hydroxyl groups excluding tert-OH is 1. The molecule has 7 heteroatoms. The van der Waals surface area contributed by atoms with Crippen molar-refractivity contribution >= 4 is 23.1 Å². The molecule has 7 nitrogen and oxygen atoms in total. The van der Waals surface area contributed by atoms with Crippen LogP contribution in [0.25, 0.3) is 5.76 Å². The third kappa shape index (κ3) is 3.46. The molecule has 2 aliphatic heterocycles. The monoisotopic (exact) mass is 457 g/mol. The summed E-state index contributed by atoms with van der Waals surface area (Å²) in [5.41, 5.74) is 3.62. The minimum atomic E-state index is -0.845. The van der Waals surface area contributed by atoms with Gasteiger partial charge in [0.05, 0.1) is 18.7 Å². The number of aryl methyl sites for hydroxylation is 2. The van der Waals surface area contributed by atoms with E-state index in [1.807, 2.05) is 26.0 Å². The number of rotatable bonds is 4. The number of hydrogen-bond acceptors (Lipinski definition) is 6.